The Balaban J connectivity index is 1.88. The molecule has 0 radical (unpaired) electrons. The van der Waals surface area contributed by atoms with Crippen molar-refractivity contribution >= 4 is 63.0 Å². The van der Waals surface area contributed by atoms with Gasteiger partial charge < -0.3 is 14.2 Å². The summed E-state index contributed by atoms with van der Waals surface area (Å²) in [5.41, 5.74) is 2.24. The molecule has 0 aliphatic carbocycles. The third-order valence-electron chi connectivity index (χ3n) is 3.79. The lowest BCUT2D eigenvalue weighted by molar-refractivity contribution is -0.130. The van der Waals surface area contributed by atoms with E-state index in [-0.39, 0.29) is 5.97 Å². The summed E-state index contributed by atoms with van der Waals surface area (Å²) < 4.78 is 18.2. The van der Waals surface area contributed by atoms with Gasteiger partial charge in [-0.05, 0) is 99.3 Å². The molecular formula is C21H16I2O4. The average molecular weight is 586 g/mol. The highest BCUT2D eigenvalue weighted by Gasteiger charge is 2.22. The molecule has 2 aromatic carbocycles. The maximum Gasteiger partial charge on any atom is 0.343 e. The monoisotopic (exact) mass is 586 g/mol. The normalized spacial score (nSPS) is 14.7. The van der Waals surface area contributed by atoms with Gasteiger partial charge in [0.1, 0.15) is 23.9 Å². The number of esters is 1. The predicted molar refractivity (Wildman–Crippen MR) is 123 cm³/mol. The van der Waals surface area contributed by atoms with Crippen LogP contribution in [0.2, 0.25) is 0 Å². The molecule has 0 spiro atoms. The molecule has 27 heavy (non-hydrogen) atoms. The Morgan fingerprint density at radius 2 is 1.81 bits per heavy atom. The van der Waals surface area contributed by atoms with Crippen LogP contribution in [0, 0.1) is 7.14 Å². The van der Waals surface area contributed by atoms with E-state index in [4.69, 9.17) is 14.2 Å². The van der Waals surface area contributed by atoms with Crippen molar-refractivity contribution in [1.29, 1.82) is 0 Å². The minimum Gasteiger partial charge on any atom is -0.497 e. The number of carbonyl (C=O) groups is 1. The molecule has 3 rings (SSSR count). The van der Waals surface area contributed by atoms with Crippen molar-refractivity contribution in [2.75, 3.05) is 13.7 Å². The summed E-state index contributed by atoms with van der Waals surface area (Å²) in [7, 11) is 1.61. The Hall–Kier alpha value is -1.81. The van der Waals surface area contributed by atoms with E-state index in [1.807, 2.05) is 42.5 Å². The molecule has 0 atom stereocenters. The molecule has 138 valence electrons. The van der Waals surface area contributed by atoms with Crippen LogP contribution in [0.3, 0.4) is 0 Å². The van der Waals surface area contributed by atoms with Gasteiger partial charge in [-0.1, -0.05) is 12.7 Å². The summed E-state index contributed by atoms with van der Waals surface area (Å²) in [6, 6.07) is 11.3. The number of carbonyl (C=O) groups excluding carboxylic acids is 1. The molecule has 1 heterocycles. The van der Waals surface area contributed by atoms with Crippen LogP contribution in [0.4, 0.5) is 0 Å². The number of cyclic esters (lactones) is 1. The van der Waals surface area contributed by atoms with Crippen LogP contribution in [-0.4, -0.2) is 19.7 Å². The van der Waals surface area contributed by atoms with Crippen molar-refractivity contribution in [2.24, 2.45) is 0 Å². The second-order valence-corrected chi connectivity index (χ2v) is 7.96. The van der Waals surface area contributed by atoms with Gasteiger partial charge >= 0.3 is 5.97 Å². The molecule has 1 aliphatic heterocycles. The third-order valence-corrected chi connectivity index (χ3v) is 5.39. The average Bonchev–Trinajstić information content (AvgIpc) is 3.01. The third kappa shape index (κ3) is 4.73. The molecule has 2 aromatic rings. The number of ether oxygens (including phenoxy) is 3. The standard InChI is InChI=1S/C21H16I2O4/c1-3-8-26-20-17(22)10-13(11-18(20)23)9-15-12-19(27-21(15)24)14-4-6-16(25-2)7-5-14/h3-7,9-12H,1,8H2,2H3/b15-9+. The van der Waals surface area contributed by atoms with E-state index < -0.39 is 0 Å². The molecule has 0 saturated heterocycles. The molecule has 0 saturated carbocycles. The molecular weight excluding hydrogens is 570 g/mol. The van der Waals surface area contributed by atoms with Gasteiger partial charge in [-0.3, -0.25) is 0 Å². The largest absolute Gasteiger partial charge is 0.497 e. The van der Waals surface area contributed by atoms with Crippen molar-refractivity contribution in [3.05, 3.63) is 79.0 Å². The van der Waals surface area contributed by atoms with Gasteiger partial charge in [0, 0.05) is 5.56 Å². The summed E-state index contributed by atoms with van der Waals surface area (Å²) >= 11 is 4.45. The molecule has 4 nitrogen and oxygen atoms in total. The zero-order chi connectivity index (χ0) is 19.4. The van der Waals surface area contributed by atoms with Crippen LogP contribution < -0.4 is 9.47 Å². The van der Waals surface area contributed by atoms with E-state index in [2.05, 4.69) is 51.8 Å². The fraction of sp³-hybridized carbons (Fsp3) is 0.0952. The zero-order valence-electron chi connectivity index (χ0n) is 14.5. The van der Waals surface area contributed by atoms with Crippen molar-refractivity contribution in [2.45, 2.75) is 0 Å². The number of rotatable bonds is 6. The number of methoxy groups -OCH3 is 1. The van der Waals surface area contributed by atoms with E-state index in [1.54, 1.807) is 19.3 Å². The maximum atomic E-state index is 12.3. The highest BCUT2D eigenvalue weighted by molar-refractivity contribution is 14.1. The Morgan fingerprint density at radius 3 is 2.41 bits per heavy atom. The van der Waals surface area contributed by atoms with Gasteiger partial charge in [-0.2, -0.15) is 0 Å². The van der Waals surface area contributed by atoms with Crippen LogP contribution in [0.15, 0.2) is 60.7 Å². The fourth-order valence-electron chi connectivity index (χ4n) is 2.51. The first-order valence-electron chi connectivity index (χ1n) is 8.04. The van der Waals surface area contributed by atoms with Crippen molar-refractivity contribution in [3.63, 3.8) is 0 Å². The Bertz CT molecular complexity index is 920. The Labute approximate surface area is 185 Å². The molecule has 0 bridgehead atoms. The summed E-state index contributed by atoms with van der Waals surface area (Å²) in [4.78, 5) is 12.3. The van der Waals surface area contributed by atoms with E-state index in [9.17, 15) is 4.79 Å². The van der Waals surface area contributed by atoms with E-state index >= 15 is 0 Å². The quantitative estimate of drug-likeness (QED) is 0.196. The maximum absolute atomic E-state index is 12.3. The van der Waals surface area contributed by atoms with Crippen molar-refractivity contribution in [1.82, 2.24) is 0 Å². The van der Waals surface area contributed by atoms with Crippen LogP contribution in [0.5, 0.6) is 11.5 Å². The van der Waals surface area contributed by atoms with Gasteiger partial charge in [-0.25, -0.2) is 4.79 Å². The van der Waals surface area contributed by atoms with E-state index in [0.717, 1.165) is 29.8 Å². The highest BCUT2D eigenvalue weighted by atomic mass is 127. The Morgan fingerprint density at radius 1 is 1.15 bits per heavy atom. The first-order valence-corrected chi connectivity index (χ1v) is 10.2. The SMILES string of the molecule is C=CCOc1c(I)cc(/C=C2\C=C(c3ccc(OC)cc3)OC2=O)cc1I. The van der Waals surface area contributed by atoms with Gasteiger partial charge in [0.15, 0.2) is 0 Å². The first-order chi connectivity index (χ1) is 13.0. The fourth-order valence-corrected chi connectivity index (χ4v) is 4.64. The first kappa shape index (κ1) is 19.9. The zero-order valence-corrected chi connectivity index (χ0v) is 18.8. The Kier molecular flexibility index (Phi) is 6.59. The number of hydrogen-bond donors (Lipinski definition) is 0. The molecule has 1 aliphatic rings. The molecule has 0 N–H and O–H groups in total. The van der Waals surface area contributed by atoms with E-state index in [0.29, 0.717) is 17.9 Å². The lowest BCUT2D eigenvalue weighted by atomic mass is 10.1. The minimum absolute atomic E-state index is 0.363. The van der Waals surface area contributed by atoms with Crippen LogP contribution >= 0.6 is 45.2 Å². The van der Waals surface area contributed by atoms with Crippen LogP contribution in [0.25, 0.3) is 11.8 Å². The van der Waals surface area contributed by atoms with Crippen molar-refractivity contribution in [3.8, 4) is 11.5 Å². The van der Waals surface area contributed by atoms with Gasteiger partial charge in [0.25, 0.3) is 0 Å². The predicted octanol–water partition coefficient (Wildman–Crippen LogP) is 5.45. The lowest BCUT2D eigenvalue weighted by Crippen LogP contribution is -1.99. The summed E-state index contributed by atoms with van der Waals surface area (Å²) in [5.74, 6) is 1.74. The van der Waals surface area contributed by atoms with Gasteiger partial charge in [0.2, 0.25) is 0 Å². The molecule has 0 aromatic heterocycles. The number of hydrogen-bond acceptors (Lipinski definition) is 4. The second kappa shape index (κ2) is 8.92. The van der Waals surface area contributed by atoms with Crippen LogP contribution in [0.1, 0.15) is 11.1 Å². The topological polar surface area (TPSA) is 44.8 Å². The van der Waals surface area contributed by atoms with Gasteiger partial charge in [-0.15, -0.1) is 0 Å². The summed E-state index contributed by atoms with van der Waals surface area (Å²) in [6.07, 6.45) is 5.29. The van der Waals surface area contributed by atoms with Crippen LogP contribution in [-0.2, 0) is 9.53 Å². The number of benzene rings is 2. The second-order valence-electron chi connectivity index (χ2n) is 5.64. The molecule has 0 fully saturated rings. The smallest absolute Gasteiger partial charge is 0.343 e. The minimum atomic E-state index is -0.363. The summed E-state index contributed by atoms with van der Waals surface area (Å²) in [5, 5.41) is 0. The van der Waals surface area contributed by atoms with E-state index in [1.165, 1.54) is 0 Å². The molecule has 6 heteroatoms. The number of halogens is 2. The molecule has 0 unspecified atom stereocenters. The lowest BCUT2D eigenvalue weighted by Gasteiger charge is -2.09. The van der Waals surface area contributed by atoms with Gasteiger partial charge in [0.05, 0.1) is 19.8 Å². The van der Waals surface area contributed by atoms with Crippen molar-refractivity contribution < 1.29 is 19.0 Å². The molecule has 0 amide bonds. The highest BCUT2D eigenvalue weighted by Crippen LogP contribution is 2.32. The summed E-state index contributed by atoms with van der Waals surface area (Å²) in [6.45, 7) is 4.12.